The van der Waals surface area contributed by atoms with Crippen LogP contribution in [0.4, 0.5) is 0 Å². The topological polar surface area (TPSA) is 46.5 Å². The number of carbonyl (C=O) groups excluding carboxylic acids is 1. The molecular formula is C14H26O3. The zero-order valence-electron chi connectivity index (χ0n) is 11.7. The summed E-state index contributed by atoms with van der Waals surface area (Å²) in [7, 11) is 1.38. The van der Waals surface area contributed by atoms with Crippen LogP contribution in [0.15, 0.2) is 0 Å². The van der Waals surface area contributed by atoms with Crippen molar-refractivity contribution in [3.05, 3.63) is 0 Å². The molecule has 1 saturated carbocycles. The van der Waals surface area contributed by atoms with Gasteiger partial charge in [0.05, 0.1) is 18.6 Å². The van der Waals surface area contributed by atoms with Gasteiger partial charge in [-0.1, -0.05) is 20.8 Å². The lowest BCUT2D eigenvalue weighted by atomic mass is 9.65. The van der Waals surface area contributed by atoms with Crippen LogP contribution in [-0.4, -0.2) is 23.8 Å². The average molecular weight is 242 g/mol. The van der Waals surface area contributed by atoms with E-state index in [4.69, 9.17) is 4.74 Å². The van der Waals surface area contributed by atoms with Crippen LogP contribution >= 0.6 is 0 Å². The third-order valence-electron chi connectivity index (χ3n) is 4.44. The third kappa shape index (κ3) is 3.21. The molecule has 17 heavy (non-hydrogen) atoms. The van der Waals surface area contributed by atoms with E-state index < -0.39 is 11.5 Å². The third-order valence-corrected chi connectivity index (χ3v) is 4.44. The predicted octanol–water partition coefficient (Wildman–Crippen LogP) is 2.76. The van der Waals surface area contributed by atoms with Crippen LogP contribution < -0.4 is 0 Å². The van der Waals surface area contributed by atoms with E-state index in [0.717, 1.165) is 12.8 Å². The highest BCUT2D eigenvalue weighted by molar-refractivity contribution is 5.73. The number of hydrogen-bond donors (Lipinski definition) is 1. The van der Waals surface area contributed by atoms with Gasteiger partial charge in [0.25, 0.3) is 0 Å². The Morgan fingerprint density at radius 2 is 1.82 bits per heavy atom. The lowest BCUT2D eigenvalue weighted by molar-refractivity contribution is -0.158. The highest BCUT2D eigenvalue weighted by atomic mass is 16.5. The number of aliphatic hydroxyl groups is 1. The van der Waals surface area contributed by atoms with Crippen molar-refractivity contribution in [3.63, 3.8) is 0 Å². The zero-order valence-corrected chi connectivity index (χ0v) is 11.7. The summed E-state index contributed by atoms with van der Waals surface area (Å²) in [6, 6.07) is 0. The van der Waals surface area contributed by atoms with Gasteiger partial charge in [-0.05, 0) is 43.9 Å². The Labute approximate surface area is 105 Å². The van der Waals surface area contributed by atoms with Gasteiger partial charge in [-0.2, -0.15) is 0 Å². The summed E-state index contributed by atoms with van der Waals surface area (Å²) in [5.74, 6) is -0.0947. The molecule has 1 unspecified atom stereocenters. The van der Waals surface area contributed by atoms with E-state index in [-0.39, 0.29) is 11.4 Å². The Morgan fingerprint density at radius 3 is 2.18 bits per heavy atom. The van der Waals surface area contributed by atoms with Crippen LogP contribution in [-0.2, 0) is 9.53 Å². The van der Waals surface area contributed by atoms with Crippen molar-refractivity contribution >= 4 is 5.97 Å². The van der Waals surface area contributed by atoms with E-state index in [1.165, 1.54) is 7.11 Å². The molecule has 3 nitrogen and oxygen atoms in total. The number of carbonyl (C=O) groups is 1. The van der Waals surface area contributed by atoms with E-state index in [9.17, 15) is 9.90 Å². The first kappa shape index (κ1) is 14.5. The fraction of sp³-hybridized carbons (Fsp3) is 0.929. The van der Waals surface area contributed by atoms with E-state index in [1.807, 2.05) is 0 Å². The van der Waals surface area contributed by atoms with Crippen molar-refractivity contribution in [1.82, 2.24) is 0 Å². The second-order valence-electron chi connectivity index (χ2n) is 6.49. The molecule has 3 heteroatoms. The van der Waals surface area contributed by atoms with Gasteiger partial charge in [-0.25, -0.2) is 0 Å². The first-order valence-electron chi connectivity index (χ1n) is 6.51. The molecule has 1 fully saturated rings. The van der Waals surface area contributed by atoms with Crippen LogP contribution in [0.3, 0.4) is 0 Å². The summed E-state index contributed by atoms with van der Waals surface area (Å²) in [6.45, 7) is 8.49. The molecule has 1 aliphatic rings. The van der Waals surface area contributed by atoms with E-state index in [1.54, 1.807) is 6.92 Å². The van der Waals surface area contributed by atoms with Gasteiger partial charge in [0.2, 0.25) is 0 Å². The Hall–Kier alpha value is -0.570. The monoisotopic (exact) mass is 242 g/mol. The van der Waals surface area contributed by atoms with Crippen LogP contribution in [0.5, 0.6) is 0 Å². The minimum absolute atomic E-state index is 0.288. The van der Waals surface area contributed by atoms with Crippen molar-refractivity contribution in [3.8, 4) is 0 Å². The SMILES string of the molecule is COC(=O)C(C)C1(O)CCC(C(C)(C)C)CC1. The highest BCUT2D eigenvalue weighted by Crippen LogP contribution is 2.44. The van der Waals surface area contributed by atoms with Crippen molar-refractivity contribution < 1.29 is 14.6 Å². The highest BCUT2D eigenvalue weighted by Gasteiger charge is 2.43. The van der Waals surface area contributed by atoms with Gasteiger partial charge in [0.1, 0.15) is 0 Å². The molecule has 0 aromatic carbocycles. The van der Waals surface area contributed by atoms with Gasteiger partial charge in [0.15, 0.2) is 0 Å². The van der Waals surface area contributed by atoms with Crippen LogP contribution in [0.1, 0.15) is 53.4 Å². The Morgan fingerprint density at radius 1 is 1.35 bits per heavy atom. The summed E-state index contributed by atoms with van der Waals surface area (Å²) in [4.78, 5) is 11.5. The molecule has 0 bridgehead atoms. The Kier molecular flexibility index (Phi) is 4.23. The van der Waals surface area contributed by atoms with Gasteiger partial charge in [-0.3, -0.25) is 4.79 Å². The molecule has 100 valence electrons. The summed E-state index contributed by atoms with van der Waals surface area (Å²) in [5.41, 5.74) is -0.579. The van der Waals surface area contributed by atoms with Crippen molar-refractivity contribution in [2.24, 2.45) is 17.3 Å². The molecule has 0 aliphatic heterocycles. The maximum Gasteiger partial charge on any atom is 0.311 e. The molecule has 0 saturated heterocycles. The fourth-order valence-corrected chi connectivity index (χ4v) is 2.81. The molecule has 0 spiro atoms. The number of ether oxygens (including phenoxy) is 1. The van der Waals surface area contributed by atoms with Crippen LogP contribution in [0.25, 0.3) is 0 Å². The lowest BCUT2D eigenvalue weighted by Gasteiger charge is -2.43. The molecule has 0 amide bonds. The van der Waals surface area contributed by atoms with E-state index in [0.29, 0.717) is 18.8 Å². The van der Waals surface area contributed by atoms with E-state index in [2.05, 4.69) is 20.8 Å². The molecule has 1 N–H and O–H groups in total. The maximum atomic E-state index is 11.5. The maximum absolute atomic E-state index is 11.5. The fourth-order valence-electron chi connectivity index (χ4n) is 2.81. The van der Waals surface area contributed by atoms with Crippen LogP contribution in [0, 0.1) is 17.3 Å². The van der Waals surface area contributed by atoms with Gasteiger partial charge < -0.3 is 9.84 Å². The quantitative estimate of drug-likeness (QED) is 0.757. The summed E-state index contributed by atoms with van der Waals surface area (Å²) >= 11 is 0. The summed E-state index contributed by atoms with van der Waals surface area (Å²) in [6.07, 6.45) is 3.37. The average Bonchev–Trinajstić information content (AvgIpc) is 2.26. The van der Waals surface area contributed by atoms with Crippen LogP contribution in [0.2, 0.25) is 0 Å². The smallest absolute Gasteiger partial charge is 0.311 e. The number of hydrogen-bond acceptors (Lipinski definition) is 3. The van der Waals surface area contributed by atoms with Gasteiger partial charge >= 0.3 is 5.97 Å². The molecule has 0 radical (unpaired) electrons. The van der Waals surface area contributed by atoms with Crippen molar-refractivity contribution in [2.45, 2.75) is 59.0 Å². The van der Waals surface area contributed by atoms with Gasteiger partial charge in [-0.15, -0.1) is 0 Å². The Bertz CT molecular complexity index is 270. The normalized spacial score (nSPS) is 32.0. The van der Waals surface area contributed by atoms with Crippen molar-refractivity contribution in [2.75, 3.05) is 7.11 Å². The molecule has 0 aromatic heterocycles. The largest absolute Gasteiger partial charge is 0.469 e. The summed E-state index contributed by atoms with van der Waals surface area (Å²) < 4.78 is 4.73. The predicted molar refractivity (Wildman–Crippen MR) is 67.5 cm³/mol. The first-order valence-corrected chi connectivity index (χ1v) is 6.51. The molecule has 1 atom stereocenters. The molecule has 1 aliphatic carbocycles. The van der Waals surface area contributed by atoms with Crippen molar-refractivity contribution in [1.29, 1.82) is 0 Å². The minimum atomic E-state index is -0.866. The zero-order chi connectivity index (χ0) is 13.3. The minimum Gasteiger partial charge on any atom is -0.469 e. The standard InChI is InChI=1S/C14H26O3/c1-10(12(15)17-5)14(16)8-6-11(7-9-14)13(2,3)4/h10-11,16H,6-9H2,1-5H3. The number of rotatable bonds is 2. The number of esters is 1. The van der Waals surface area contributed by atoms with Gasteiger partial charge in [0, 0.05) is 0 Å². The molecule has 0 aromatic rings. The second kappa shape index (κ2) is 4.97. The first-order chi connectivity index (χ1) is 7.70. The Balaban J connectivity index is 2.64. The second-order valence-corrected chi connectivity index (χ2v) is 6.49. The molecule has 0 heterocycles. The molecule has 1 rings (SSSR count). The summed E-state index contributed by atoms with van der Waals surface area (Å²) in [5, 5.41) is 10.5. The van der Waals surface area contributed by atoms with E-state index >= 15 is 0 Å². The molecular weight excluding hydrogens is 216 g/mol. The number of methoxy groups -OCH3 is 1. The lowest BCUT2D eigenvalue weighted by Crippen LogP contribution is -2.45.